The number of thiazole rings is 1. The van der Waals surface area contributed by atoms with Crippen LogP contribution in [-0.4, -0.2) is 49.6 Å². The number of carbonyl (C=O) groups is 1. The third-order valence-corrected chi connectivity index (χ3v) is 7.65. The van der Waals surface area contributed by atoms with E-state index in [0.717, 1.165) is 23.5 Å². The lowest BCUT2D eigenvalue weighted by molar-refractivity contribution is -0.139. The predicted molar refractivity (Wildman–Crippen MR) is 146 cm³/mol. The van der Waals surface area contributed by atoms with Crippen LogP contribution in [0.1, 0.15) is 42.4 Å². The summed E-state index contributed by atoms with van der Waals surface area (Å²) >= 11 is 1.29. The average molecular weight is 540 g/mol. The molecule has 0 fully saturated rings. The Morgan fingerprint density at radius 1 is 1.16 bits per heavy atom. The van der Waals surface area contributed by atoms with Crippen LogP contribution in [0.3, 0.4) is 0 Å². The Balaban J connectivity index is 1.97. The smallest absolute Gasteiger partial charge is 0.338 e. The highest BCUT2D eigenvalue weighted by atomic mass is 32.1. The van der Waals surface area contributed by atoms with E-state index in [1.807, 2.05) is 26.0 Å². The minimum atomic E-state index is -0.799. The third kappa shape index (κ3) is 4.81. The van der Waals surface area contributed by atoms with Crippen LogP contribution < -0.4 is 24.4 Å². The molecule has 1 atom stereocenters. The monoisotopic (exact) mass is 539 g/mol. The Morgan fingerprint density at radius 3 is 2.58 bits per heavy atom. The number of esters is 1. The fraction of sp³-hybridized carbons (Fsp3) is 0.393. The van der Waals surface area contributed by atoms with Gasteiger partial charge in [0.1, 0.15) is 6.04 Å². The number of methoxy groups -OCH3 is 3. The molecular formula is C28H33N3O6S. The molecule has 0 saturated carbocycles. The first-order valence-electron chi connectivity index (χ1n) is 12.3. The van der Waals surface area contributed by atoms with Crippen LogP contribution in [0.5, 0.6) is 11.5 Å². The number of fused-ring (bicyclic) bond motifs is 1. The second kappa shape index (κ2) is 11.4. The molecule has 202 valence electrons. The van der Waals surface area contributed by atoms with Crippen molar-refractivity contribution >= 4 is 23.4 Å². The van der Waals surface area contributed by atoms with Crippen LogP contribution in [0.25, 0.3) is 6.08 Å². The second-order valence-electron chi connectivity index (χ2n) is 8.86. The number of benzene rings is 1. The highest BCUT2D eigenvalue weighted by Crippen LogP contribution is 2.40. The summed E-state index contributed by atoms with van der Waals surface area (Å²) in [5, 5.41) is 0. The van der Waals surface area contributed by atoms with Crippen LogP contribution in [0.2, 0.25) is 0 Å². The van der Waals surface area contributed by atoms with Crippen molar-refractivity contribution in [2.24, 2.45) is 4.99 Å². The molecule has 4 rings (SSSR count). The number of ether oxygens (including phenoxy) is 4. The Bertz CT molecular complexity index is 1580. The molecule has 1 aromatic carbocycles. The lowest BCUT2D eigenvalue weighted by Gasteiger charge is -2.26. The van der Waals surface area contributed by atoms with E-state index in [-0.39, 0.29) is 17.7 Å². The van der Waals surface area contributed by atoms with Gasteiger partial charge in [-0.25, -0.2) is 9.79 Å². The maximum absolute atomic E-state index is 14.0. The van der Waals surface area contributed by atoms with Crippen molar-refractivity contribution in [3.63, 3.8) is 0 Å². The Hall–Kier alpha value is -3.63. The summed E-state index contributed by atoms with van der Waals surface area (Å²) in [6.45, 7) is 9.07. The summed E-state index contributed by atoms with van der Waals surface area (Å²) in [5.41, 5.74) is 4.20. The van der Waals surface area contributed by atoms with Crippen LogP contribution in [0, 0.1) is 13.8 Å². The summed E-state index contributed by atoms with van der Waals surface area (Å²) < 4.78 is 26.1. The predicted octanol–water partition coefficient (Wildman–Crippen LogP) is 2.88. The van der Waals surface area contributed by atoms with E-state index in [0.29, 0.717) is 38.7 Å². The molecule has 0 saturated heterocycles. The molecule has 3 aromatic rings. The molecule has 0 radical (unpaired) electrons. The fourth-order valence-corrected chi connectivity index (χ4v) is 5.89. The van der Waals surface area contributed by atoms with E-state index >= 15 is 0 Å². The van der Waals surface area contributed by atoms with Gasteiger partial charge in [-0.2, -0.15) is 0 Å². The van der Waals surface area contributed by atoms with Crippen LogP contribution in [0.15, 0.2) is 45.3 Å². The van der Waals surface area contributed by atoms with Gasteiger partial charge in [0.15, 0.2) is 16.3 Å². The Labute approximate surface area is 225 Å². The highest BCUT2D eigenvalue weighted by Gasteiger charge is 2.35. The van der Waals surface area contributed by atoms with Crippen molar-refractivity contribution in [2.75, 3.05) is 34.5 Å². The van der Waals surface area contributed by atoms with E-state index in [9.17, 15) is 9.59 Å². The van der Waals surface area contributed by atoms with Gasteiger partial charge in [-0.3, -0.25) is 9.36 Å². The standard InChI is InChI=1S/C28H33N3O6S/c1-8-37-27(33)23-17(3)29-28-31(24(23)20-10-9-11-21(35-6)25(20)36-7)26(32)22(38-28)15-19-14-16(2)30(18(19)4)12-13-34-5/h9-11,14-15,24H,8,12-13H2,1-7H3/t24-/m1/s1. The number of rotatable bonds is 9. The number of para-hydroxylation sites is 1. The Kier molecular flexibility index (Phi) is 8.23. The zero-order valence-corrected chi connectivity index (χ0v) is 23.6. The van der Waals surface area contributed by atoms with E-state index < -0.39 is 12.0 Å². The first-order valence-corrected chi connectivity index (χ1v) is 13.1. The van der Waals surface area contributed by atoms with Crippen LogP contribution in [0.4, 0.5) is 0 Å². The second-order valence-corrected chi connectivity index (χ2v) is 9.87. The first-order chi connectivity index (χ1) is 18.3. The topological polar surface area (TPSA) is 93.3 Å². The summed E-state index contributed by atoms with van der Waals surface area (Å²) in [6, 6.07) is 6.66. The summed E-state index contributed by atoms with van der Waals surface area (Å²) in [5.74, 6) is 0.404. The quantitative estimate of drug-likeness (QED) is 0.388. The minimum absolute atomic E-state index is 0.195. The molecule has 0 N–H and O–H groups in total. The average Bonchev–Trinajstić information content (AvgIpc) is 3.35. The van der Waals surface area contributed by atoms with E-state index in [4.69, 9.17) is 18.9 Å². The molecule has 0 aliphatic carbocycles. The van der Waals surface area contributed by atoms with Gasteiger partial charge in [0, 0.05) is 30.6 Å². The molecule has 38 heavy (non-hydrogen) atoms. The number of aromatic nitrogens is 2. The maximum Gasteiger partial charge on any atom is 0.338 e. The van der Waals surface area contributed by atoms with E-state index in [1.54, 1.807) is 44.8 Å². The highest BCUT2D eigenvalue weighted by molar-refractivity contribution is 7.07. The molecule has 0 spiro atoms. The van der Waals surface area contributed by atoms with Gasteiger partial charge in [-0.1, -0.05) is 23.5 Å². The summed E-state index contributed by atoms with van der Waals surface area (Å²) in [4.78, 5) is 32.3. The molecule has 1 aliphatic rings. The van der Waals surface area contributed by atoms with Crippen molar-refractivity contribution in [1.82, 2.24) is 9.13 Å². The molecule has 3 heterocycles. The molecule has 0 unspecified atom stereocenters. The SMILES string of the molecule is CCOC(=O)C1=C(C)N=c2sc(=Cc3cc(C)n(CCOC)c3C)c(=O)n2[C@@H]1c1cccc(OC)c1OC. The zero-order valence-electron chi connectivity index (χ0n) is 22.8. The largest absolute Gasteiger partial charge is 0.493 e. The Morgan fingerprint density at radius 2 is 1.92 bits per heavy atom. The first kappa shape index (κ1) is 27.4. The number of aryl methyl sites for hydroxylation is 1. The van der Waals surface area contributed by atoms with Crippen molar-refractivity contribution in [3.8, 4) is 11.5 Å². The number of allylic oxidation sites excluding steroid dienone is 1. The number of hydrogen-bond acceptors (Lipinski definition) is 8. The van der Waals surface area contributed by atoms with Crippen molar-refractivity contribution < 1.29 is 23.7 Å². The molecule has 1 aliphatic heterocycles. The number of nitrogens with zero attached hydrogens (tertiary/aromatic N) is 3. The molecule has 2 aromatic heterocycles. The molecular weight excluding hydrogens is 506 g/mol. The van der Waals surface area contributed by atoms with Crippen molar-refractivity contribution in [2.45, 2.75) is 40.3 Å². The van der Waals surface area contributed by atoms with Gasteiger partial charge in [-0.05, 0) is 51.5 Å². The van der Waals surface area contributed by atoms with Gasteiger partial charge in [0.2, 0.25) is 0 Å². The van der Waals surface area contributed by atoms with Gasteiger partial charge in [0.05, 0.1) is 43.2 Å². The fourth-order valence-electron chi connectivity index (χ4n) is 4.85. The van der Waals surface area contributed by atoms with Crippen LogP contribution >= 0.6 is 11.3 Å². The number of carbonyl (C=O) groups excluding carboxylic acids is 1. The molecule has 0 bridgehead atoms. The van der Waals surface area contributed by atoms with Gasteiger partial charge in [-0.15, -0.1) is 0 Å². The lowest BCUT2D eigenvalue weighted by Crippen LogP contribution is -2.40. The lowest BCUT2D eigenvalue weighted by atomic mass is 9.94. The minimum Gasteiger partial charge on any atom is -0.493 e. The van der Waals surface area contributed by atoms with Crippen molar-refractivity contribution in [3.05, 3.63) is 77.7 Å². The summed E-state index contributed by atoms with van der Waals surface area (Å²) in [7, 11) is 4.75. The molecule has 0 amide bonds. The third-order valence-electron chi connectivity index (χ3n) is 6.66. The molecule has 9 nitrogen and oxygen atoms in total. The molecule has 10 heteroatoms. The van der Waals surface area contributed by atoms with Gasteiger partial charge < -0.3 is 23.5 Å². The number of hydrogen-bond donors (Lipinski definition) is 0. The van der Waals surface area contributed by atoms with E-state index in [1.165, 1.54) is 18.4 Å². The van der Waals surface area contributed by atoms with Crippen molar-refractivity contribution in [1.29, 1.82) is 0 Å². The maximum atomic E-state index is 14.0. The van der Waals surface area contributed by atoms with E-state index in [2.05, 4.69) is 15.6 Å². The van der Waals surface area contributed by atoms with Gasteiger partial charge >= 0.3 is 5.97 Å². The van der Waals surface area contributed by atoms with Crippen LogP contribution in [-0.2, 0) is 20.8 Å². The normalized spacial score (nSPS) is 15.3. The van der Waals surface area contributed by atoms with Gasteiger partial charge in [0.25, 0.3) is 5.56 Å². The summed E-state index contributed by atoms with van der Waals surface area (Å²) in [6.07, 6.45) is 1.89. The zero-order chi connectivity index (χ0) is 27.6.